The second-order valence-corrected chi connectivity index (χ2v) is 7.47. The van der Waals surface area contributed by atoms with Crippen molar-refractivity contribution in [2.45, 2.75) is 51.0 Å². The van der Waals surface area contributed by atoms with Crippen LogP contribution in [0.4, 0.5) is 0 Å². The Morgan fingerprint density at radius 1 is 1.00 bits per heavy atom. The highest BCUT2D eigenvalue weighted by atomic mass is 16.2. The summed E-state index contributed by atoms with van der Waals surface area (Å²) in [6.45, 7) is 3.22. The second-order valence-electron chi connectivity index (χ2n) is 7.47. The summed E-state index contributed by atoms with van der Waals surface area (Å²) in [6, 6.07) is 20.2. The number of nitrogens with zero attached hydrogens (tertiary/aromatic N) is 1. The Labute approximate surface area is 167 Å². The fraction of sp³-hybridized carbons (Fsp3) is 0.417. The van der Waals surface area contributed by atoms with Crippen LogP contribution < -0.4 is 5.32 Å². The summed E-state index contributed by atoms with van der Waals surface area (Å²) in [5, 5.41) is 3.14. The predicted octanol–water partition coefficient (Wildman–Crippen LogP) is 4.12. The van der Waals surface area contributed by atoms with Crippen LogP contribution in [0, 0.1) is 0 Å². The van der Waals surface area contributed by atoms with E-state index >= 15 is 0 Å². The lowest BCUT2D eigenvalue weighted by Gasteiger charge is -2.35. The Morgan fingerprint density at radius 3 is 2.18 bits per heavy atom. The summed E-state index contributed by atoms with van der Waals surface area (Å²) in [6.07, 6.45) is 4.06. The Bertz CT molecular complexity index is 721. The van der Waals surface area contributed by atoms with E-state index in [0.29, 0.717) is 19.5 Å². The lowest BCUT2D eigenvalue weighted by molar-refractivity contribution is -0.142. The van der Waals surface area contributed by atoms with Crippen LogP contribution in [0.5, 0.6) is 0 Å². The smallest absolute Gasteiger partial charge is 0.242 e. The average molecular weight is 379 g/mol. The number of piperidine rings is 1. The molecule has 1 saturated heterocycles. The predicted molar refractivity (Wildman–Crippen MR) is 112 cm³/mol. The van der Waals surface area contributed by atoms with Crippen molar-refractivity contribution in [2.75, 3.05) is 13.1 Å². The molecule has 4 heteroatoms. The van der Waals surface area contributed by atoms with E-state index in [0.717, 1.165) is 25.7 Å². The van der Waals surface area contributed by atoms with Crippen LogP contribution >= 0.6 is 0 Å². The Balaban J connectivity index is 1.72. The Morgan fingerprint density at radius 2 is 1.61 bits per heavy atom. The molecule has 3 rings (SSSR count). The zero-order valence-corrected chi connectivity index (χ0v) is 16.6. The van der Waals surface area contributed by atoms with Gasteiger partial charge in [-0.15, -0.1) is 0 Å². The zero-order chi connectivity index (χ0) is 19.8. The molecule has 1 heterocycles. The molecule has 2 amide bonds. The van der Waals surface area contributed by atoms with E-state index in [1.807, 2.05) is 43.3 Å². The van der Waals surface area contributed by atoms with Crippen molar-refractivity contribution >= 4 is 11.8 Å². The van der Waals surface area contributed by atoms with Gasteiger partial charge in [-0.3, -0.25) is 9.59 Å². The van der Waals surface area contributed by atoms with Gasteiger partial charge in [0.25, 0.3) is 0 Å². The second kappa shape index (κ2) is 10.1. The molecule has 148 valence electrons. The van der Waals surface area contributed by atoms with Crippen molar-refractivity contribution in [1.82, 2.24) is 10.2 Å². The van der Waals surface area contributed by atoms with Gasteiger partial charge in [0.1, 0.15) is 6.04 Å². The quantitative estimate of drug-likeness (QED) is 0.788. The van der Waals surface area contributed by atoms with Crippen LogP contribution in [0.3, 0.4) is 0 Å². The minimum atomic E-state index is -0.333. The maximum Gasteiger partial charge on any atom is 0.242 e. The number of rotatable bonds is 7. The van der Waals surface area contributed by atoms with Gasteiger partial charge >= 0.3 is 0 Å². The topological polar surface area (TPSA) is 49.4 Å². The van der Waals surface area contributed by atoms with E-state index < -0.39 is 0 Å². The molecule has 1 atom stereocenters. The number of nitrogens with one attached hydrogen (secondary N) is 1. The van der Waals surface area contributed by atoms with E-state index in [1.165, 1.54) is 11.1 Å². The van der Waals surface area contributed by atoms with Crippen LogP contribution in [0.2, 0.25) is 0 Å². The summed E-state index contributed by atoms with van der Waals surface area (Å²) in [4.78, 5) is 27.2. The molecule has 0 radical (unpaired) electrons. The third-order valence-electron chi connectivity index (χ3n) is 5.47. The molecule has 1 N–H and O–H groups in total. The fourth-order valence-electron chi connectivity index (χ4n) is 3.98. The van der Waals surface area contributed by atoms with Gasteiger partial charge in [0, 0.05) is 25.4 Å². The van der Waals surface area contributed by atoms with Gasteiger partial charge in [0.15, 0.2) is 0 Å². The normalized spacial score (nSPS) is 16.8. The number of amides is 2. The first kappa shape index (κ1) is 20.1. The van der Waals surface area contributed by atoms with Crippen LogP contribution in [0.25, 0.3) is 0 Å². The van der Waals surface area contributed by atoms with E-state index in [1.54, 1.807) is 4.90 Å². The number of carbonyl (C=O) groups excluding carboxylic acids is 2. The van der Waals surface area contributed by atoms with Crippen LogP contribution in [0.1, 0.15) is 56.1 Å². The highest BCUT2D eigenvalue weighted by Gasteiger charge is 2.31. The molecule has 1 unspecified atom stereocenters. The molecule has 2 aromatic rings. The first-order chi connectivity index (χ1) is 13.7. The molecule has 28 heavy (non-hydrogen) atoms. The highest BCUT2D eigenvalue weighted by Crippen LogP contribution is 2.24. The third kappa shape index (κ3) is 5.00. The van der Waals surface area contributed by atoms with Crippen molar-refractivity contribution in [3.63, 3.8) is 0 Å². The maximum absolute atomic E-state index is 13.0. The fourth-order valence-corrected chi connectivity index (χ4v) is 3.98. The van der Waals surface area contributed by atoms with Crippen molar-refractivity contribution in [1.29, 1.82) is 0 Å². The number of likely N-dealkylation sites (tertiary alicyclic amines) is 1. The average Bonchev–Trinajstić information content (AvgIpc) is 2.75. The Hall–Kier alpha value is -2.62. The lowest BCUT2D eigenvalue weighted by Crippen LogP contribution is -2.52. The molecule has 1 aliphatic heterocycles. The van der Waals surface area contributed by atoms with Crippen LogP contribution in [0.15, 0.2) is 60.7 Å². The standard InChI is InChI=1S/C24H30N2O2/c1-2-11-23(27)26-17-10-9-16-22(26)24(28)25-18-21(19-12-5-3-6-13-19)20-14-7-4-8-15-20/h3-8,12-15,21-22H,2,9-11,16-18H2,1H3,(H,25,28). The first-order valence-corrected chi connectivity index (χ1v) is 10.4. The molecule has 0 spiro atoms. The van der Waals surface area contributed by atoms with Crippen molar-refractivity contribution in [3.05, 3.63) is 71.8 Å². The summed E-state index contributed by atoms with van der Waals surface area (Å²) in [7, 11) is 0. The van der Waals surface area contributed by atoms with Gasteiger partial charge in [-0.1, -0.05) is 67.6 Å². The summed E-state index contributed by atoms with van der Waals surface area (Å²) >= 11 is 0. The number of benzene rings is 2. The molecule has 0 aliphatic carbocycles. The van der Waals surface area contributed by atoms with Crippen molar-refractivity contribution in [2.24, 2.45) is 0 Å². The molecule has 0 aromatic heterocycles. The molecular formula is C24H30N2O2. The first-order valence-electron chi connectivity index (χ1n) is 10.4. The van der Waals surface area contributed by atoms with Crippen molar-refractivity contribution < 1.29 is 9.59 Å². The molecular weight excluding hydrogens is 348 g/mol. The minimum absolute atomic E-state index is 0.0268. The van der Waals surface area contributed by atoms with Gasteiger partial charge in [0.2, 0.25) is 11.8 Å². The van der Waals surface area contributed by atoms with E-state index in [-0.39, 0.29) is 23.8 Å². The molecule has 1 fully saturated rings. The van der Waals surface area contributed by atoms with E-state index in [9.17, 15) is 9.59 Å². The molecule has 2 aromatic carbocycles. The number of hydrogen-bond acceptors (Lipinski definition) is 2. The van der Waals surface area contributed by atoms with Gasteiger partial charge < -0.3 is 10.2 Å². The van der Waals surface area contributed by atoms with Gasteiger partial charge in [-0.2, -0.15) is 0 Å². The lowest BCUT2D eigenvalue weighted by atomic mass is 9.91. The van der Waals surface area contributed by atoms with Gasteiger partial charge in [-0.05, 0) is 36.8 Å². The minimum Gasteiger partial charge on any atom is -0.353 e. The largest absolute Gasteiger partial charge is 0.353 e. The van der Waals surface area contributed by atoms with Gasteiger partial charge in [-0.25, -0.2) is 0 Å². The van der Waals surface area contributed by atoms with Gasteiger partial charge in [0.05, 0.1) is 0 Å². The molecule has 0 bridgehead atoms. The zero-order valence-electron chi connectivity index (χ0n) is 16.6. The summed E-state index contributed by atoms with van der Waals surface area (Å²) in [5.74, 6) is 0.167. The third-order valence-corrected chi connectivity index (χ3v) is 5.47. The Kier molecular flexibility index (Phi) is 7.24. The summed E-state index contributed by atoms with van der Waals surface area (Å²) in [5.41, 5.74) is 2.35. The SMILES string of the molecule is CCCC(=O)N1CCCCC1C(=O)NCC(c1ccccc1)c1ccccc1. The van der Waals surface area contributed by atoms with E-state index in [2.05, 4.69) is 29.6 Å². The number of hydrogen-bond donors (Lipinski definition) is 1. The van der Waals surface area contributed by atoms with Crippen molar-refractivity contribution in [3.8, 4) is 0 Å². The highest BCUT2D eigenvalue weighted by molar-refractivity contribution is 5.88. The monoisotopic (exact) mass is 378 g/mol. The summed E-state index contributed by atoms with van der Waals surface area (Å²) < 4.78 is 0. The number of carbonyl (C=O) groups is 2. The molecule has 4 nitrogen and oxygen atoms in total. The molecule has 1 aliphatic rings. The van der Waals surface area contributed by atoms with Crippen LogP contribution in [-0.2, 0) is 9.59 Å². The van der Waals surface area contributed by atoms with Crippen LogP contribution in [-0.4, -0.2) is 35.8 Å². The maximum atomic E-state index is 13.0. The molecule has 0 saturated carbocycles. The van der Waals surface area contributed by atoms with E-state index in [4.69, 9.17) is 0 Å².